The Kier molecular flexibility index (Phi) is 5.83. The number of para-hydroxylation sites is 1. The molecule has 0 atom stereocenters. The lowest BCUT2D eigenvalue weighted by Gasteiger charge is -2.26. The minimum Gasteiger partial charge on any atom is -0.385 e. The average Bonchev–Trinajstić information content (AvgIpc) is 2.49. The van der Waals surface area contributed by atoms with E-state index in [0.717, 1.165) is 45.1 Å². The van der Waals surface area contributed by atoms with Crippen molar-refractivity contribution in [1.82, 2.24) is 10.2 Å². The predicted octanol–water partition coefficient (Wildman–Crippen LogP) is 1.18. The number of amides is 1. The summed E-state index contributed by atoms with van der Waals surface area (Å²) < 4.78 is 5.30. The van der Waals surface area contributed by atoms with Crippen LogP contribution in [-0.4, -0.2) is 56.7 Å². The molecule has 0 aliphatic carbocycles. The standard InChI is InChI=1S/C15H23N3O2/c1-2-16-14-6-4-3-5-13(14)15(19)17-7-8-18-9-11-20-12-10-18/h3-6,16H,2,7-12H2,1H3,(H,17,19). The van der Waals surface area contributed by atoms with E-state index in [1.165, 1.54) is 0 Å². The maximum absolute atomic E-state index is 12.2. The Morgan fingerprint density at radius 1 is 1.30 bits per heavy atom. The van der Waals surface area contributed by atoms with Crippen LogP contribution in [0.1, 0.15) is 17.3 Å². The van der Waals surface area contributed by atoms with Crippen LogP contribution in [0.5, 0.6) is 0 Å². The Hall–Kier alpha value is -1.59. The van der Waals surface area contributed by atoms with Crippen molar-refractivity contribution in [2.24, 2.45) is 0 Å². The van der Waals surface area contributed by atoms with Gasteiger partial charge >= 0.3 is 0 Å². The van der Waals surface area contributed by atoms with E-state index >= 15 is 0 Å². The van der Waals surface area contributed by atoms with Gasteiger partial charge in [0, 0.05) is 38.4 Å². The molecule has 2 rings (SSSR count). The summed E-state index contributed by atoms with van der Waals surface area (Å²) in [7, 11) is 0. The molecule has 0 saturated carbocycles. The molecule has 5 heteroatoms. The van der Waals surface area contributed by atoms with Gasteiger partial charge in [-0.05, 0) is 19.1 Å². The first-order valence-electron chi connectivity index (χ1n) is 7.22. The fraction of sp³-hybridized carbons (Fsp3) is 0.533. The van der Waals surface area contributed by atoms with Gasteiger partial charge in [0.1, 0.15) is 0 Å². The van der Waals surface area contributed by atoms with E-state index in [4.69, 9.17) is 4.74 Å². The first kappa shape index (κ1) is 14.8. The zero-order valence-corrected chi connectivity index (χ0v) is 12.0. The Bertz CT molecular complexity index is 431. The van der Waals surface area contributed by atoms with Gasteiger partial charge in [-0.3, -0.25) is 9.69 Å². The molecule has 2 N–H and O–H groups in total. The topological polar surface area (TPSA) is 53.6 Å². The molecule has 0 unspecified atom stereocenters. The van der Waals surface area contributed by atoms with Gasteiger partial charge in [-0.2, -0.15) is 0 Å². The minimum atomic E-state index is -0.0187. The quantitative estimate of drug-likeness (QED) is 0.820. The first-order valence-corrected chi connectivity index (χ1v) is 7.22. The van der Waals surface area contributed by atoms with E-state index in [0.29, 0.717) is 12.1 Å². The summed E-state index contributed by atoms with van der Waals surface area (Å²) >= 11 is 0. The summed E-state index contributed by atoms with van der Waals surface area (Å²) in [5, 5.41) is 6.19. The zero-order chi connectivity index (χ0) is 14.2. The molecule has 1 aromatic rings. The highest BCUT2D eigenvalue weighted by Gasteiger charge is 2.12. The maximum atomic E-state index is 12.2. The number of benzene rings is 1. The Morgan fingerprint density at radius 2 is 2.05 bits per heavy atom. The molecular formula is C15H23N3O2. The number of hydrogen-bond acceptors (Lipinski definition) is 4. The normalized spacial score (nSPS) is 15.8. The van der Waals surface area contributed by atoms with Crippen molar-refractivity contribution in [2.75, 3.05) is 51.3 Å². The van der Waals surface area contributed by atoms with Gasteiger partial charge in [0.25, 0.3) is 5.91 Å². The van der Waals surface area contributed by atoms with Gasteiger partial charge in [-0.25, -0.2) is 0 Å². The van der Waals surface area contributed by atoms with Gasteiger partial charge in [0.15, 0.2) is 0 Å². The summed E-state index contributed by atoms with van der Waals surface area (Å²) in [4.78, 5) is 14.5. The average molecular weight is 277 g/mol. The highest BCUT2D eigenvalue weighted by Crippen LogP contribution is 2.14. The third-order valence-electron chi connectivity index (χ3n) is 3.36. The van der Waals surface area contributed by atoms with Crippen LogP contribution < -0.4 is 10.6 Å². The zero-order valence-electron chi connectivity index (χ0n) is 12.0. The second-order valence-corrected chi connectivity index (χ2v) is 4.79. The molecular weight excluding hydrogens is 254 g/mol. The van der Waals surface area contributed by atoms with Crippen LogP contribution in [0.2, 0.25) is 0 Å². The van der Waals surface area contributed by atoms with E-state index in [1.807, 2.05) is 31.2 Å². The lowest BCUT2D eigenvalue weighted by molar-refractivity contribution is 0.0383. The van der Waals surface area contributed by atoms with Crippen LogP contribution in [0.3, 0.4) is 0 Å². The second-order valence-electron chi connectivity index (χ2n) is 4.79. The van der Waals surface area contributed by atoms with Crippen molar-refractivity contribution in [3.63, 3.8) is 0 Å². The molecule has 110 valence electrons. The van der Waals surface area contributed by atoms with E-state index in [2.05, 4.69) is 15.5 Å². The van der Waals surface area contributed by atoms with E-state index in [1.54, 1.807) is 0 Å². The van der Waals surface area contributed by atoms with Gasteiger partial charge in [0.05, 0.1) is 18.8 Å². The van der Waals surface area contributed by atoms with Crippen LogP contribution in [0.25, 0.3) is 0 Å². The Labute approximate surface area is 120 Å². The van der Waals surface area contributed by atoms with E-state index < -0.39 is 0 Å². The number of nitrogens with zero attached hydrogens (tertiary/aromatic N) is 1. The number of rotatable bonds is 6. The molecule has 0 aromatic heterocycles. The molecule has 1 saturated heterocycles. The maximum Gasteiger partial charge on any atom is 0.253 e. The van der Waals surface area contributed by atoms with Gasteiger partial charge < -0.3 is 15.4 Å². The monoisotopic (exact) mass is 277 g/mol. The number of carbonyl (C=O) groups is 1. The molecule has 1 amide bonds. The van der Waals surface area contributed by atoms with Gasteiger partial charge in [0.2, 0.25) is 0 Å². The molecule has 5 nitrogen and oxygen atoms in total. The number of ether oxygens (including phenoxy) is 1. The lowest BCUT2D eigenvalue weighted by Crippen LogP contribution is -2.41. The number of hydrogen-bond donors (Lipinski definition) is 2. The fourth-order valence-electron chi connectivity index (χ4n) is 2.27. The molecule has 1 fully saturated rings. The number of anilines is 1. The molecule has 1 aliphatic rings. The van der Waals surface area contributed by atoms with Gasteiger partial charge in [-0.1, -0.05) is 12.1 Å². The van der Waals surface area contributed by atoms with Crippen LogP contribution in [0, 0.1) is 0 Å². The third kappa shape index (κ3) is 4.21. The smallest absolute Gasteiger partial charge is 0.253 e. The summed E-state index contributed by atoms with van der Waals surface area (Å²) in [6.45, 7) is 7.84. The molecule has 0 radical (unpaired) electrons. The Morgan fingerprint density at radius 3 is 2.80 bits per heavy atom. The molecule has 0 spiro atoms. The van der Waals surface area contributed by atoms with Crippen LogP contribution in [-0.2, 0) is 4.74 Å². The van der Waals surface area contributed by atoms with Crippen LogP contribution in [0.15, 0.2) is 24.3 Å². The highest BCUT2D eigenvalue weighted by molar-refractivity contribution is 5.99. The fourth-order valence-corrected chi connectivity index (χ4v) is 2.27. The van der Waals surface area contributed by atoms with E-state index in [-0.39, 0.29) is 5.91 Å². The number of nitrogens with one attached hydrogen (secondary N) is 2. The highest BCUT2D eigenvalue weighted by atomic mass is 16.5. The first-order chi connectivity index (χ1) is 9.81. The molecule has 1 heterocycles. The SMILES string of the molecule is CCNc1ccccc1C(=O)NCCN1CCOCC1. The van der Waals surface area contributed by atoms with Crippen LogP contribution >= 0.6 is 0 Å². The molecule has 1 aromatic carbocycles. The van der Waals surface area contributed by atoms with Crippen molar-refractivity contribution in [3.8, 4) is 0 Å². The Balaban J connectivity index is 1.82. The predicted molar refractivity (Wildman–Crippen MR) is 80.2 cm³/mol. The molecule has 20 heavy (non-hydrogen) atoms. The summed E-state index contributed by atoms with van der Waals surface area (Å²) in [6.07, 6.45) is 0. The van der Waals surface area contributed by atoms with Crippen LogP contribution in [0.4, 0.5) is 5.69 Å². The lowest BCUT2D eigenvalue weighted by atomic mass is 10.1. The van der Waals surface area contributed by atoms with Crippen molar-refractivity contribution >= 4 is 11.6 Å². The van der Waals surface area contributed by atoms with Gasteiger partial charge in [-0.15, -0.1) is 0 Å². The van der Waals surface area contributed by atoms with Crippen molar-refractivity contribution in [1.29, 1.82) is 0 Å². The van der Waals surface area contributed by atoms with Crippen molar-refractivity contribution in [2.45, 2.75) is 6.92 Å². The molecule has 0 bridgehead atoms. The summed E-state index contributed by atoms with van der Waals surface area (Å²) in [5.41, 5.74) is 1.59. The third-order valence-corrected chi connectivity index (χ3v) is 3.36. The summed E-state index contributed by atoms with van der Waals surface area (Å²) in [5.74, 6) is -0.0187. The number of morpholine rings is 1. The largest absolute Gasteiger partial charge is 0.385 e. The summed E-state index contributed by atoms with van der Waals surface area (Å²) in [6, 6.07) is 7.60. The minimum absolute atomic E-state index is 0.0187. The van der Waals surface area contributed by atoms with Crippen molar-refractivity contribution in [3.05, 3.63) is 29.8 Å². The molecule has 1 aliphatic heterocycles. The van der Waals surface area contributed by atoms with E-state index in [9.17, 15) is 4.79 Å². The van der Waals surface area contributed by atoms with Crippen molar-refractivity contribution < 1.29 is 9.53 Å². The second kappa shape index (κ2) is 7.87. The number of carbonyl (C=O) groups excluding carboxylic acids is 1.